The van der Waals surface area contributed by atoms with Crippen LogP contribution in [-0.2, 0) is 11.3 Å². The van der Waals surface area contributed by atoms with Gasteiger partial charge in [0.05, 0.1) is 6.26 Å². The van der Waals surface area contributed by atoms with Gasteiger partial charge in [-0.2, -0.15) is 4.80 Å². The second-order valence-corrected chi connectivity index (χ2v) is 5.35. The number of furan rings is 1. The lowest BCUT2D eigenvalue weighted by atomic mass is 10.2. The Bertz CT molecular complexity index is 908. The van der Waals surface area contributed by atoms with Crippen molar-refractivity contribution in [2.45, 2.75) is 6.54 Å². The van der Waals surface area contributed by atoms with Gasteiger partial charge >= 0.3 is 0 Å². The van der Waals surface area contributed by atoms with E-state index in [4.69, 9.17) is 16.6 Å². The summed E-state index contributed by atoms with van der Waals surface area (Å²) in [7, 11) is 0. The van der Waals surface area contributed by atoms with Crippen LogP contribution in [0.25, 0.3) is 11.4 Å². The van der Waals surface area contributed by atoms with Crippen LogP contribution in [0.15, 0.2) is 53.1 Å². The van der Waals surface area contributed by atoms with Gasteiger partial charge in [-0.05, 0) is 29.6 Å². The molecular weight excluding hydrogens is 358 g/mol. The van der Waals surface area contributed by atoms with Gasteiger partial charge in [0.15, 0.2) is 10.9 Å². The van der Waals surface area contributed by atoms with Crippen LogP contribution in [-0.4, -0.2) is 37.1 Å². The number of aromatic nitrogens is 4. The Labute approximate surface area is 152 Å². The molecule has 0 bridgehead atoms. The van der Waals surface area contributed by atoms with Gasteiger partial charge in [0.1, 0.15) is 6.54 Å². The number of tetrazole rings is 1. The average molecular weight is 371 g/mol. The molecule has 0 aliphatic carbocycles. The number of hydrogen-bond acceptors (Lipinski definition) is 7. The van der Waals surface area contributed by atoms with Crippen molar-refractivity contribution in [2.75, 3.05) is 0 Å². The third-order valence-electron chi connectivity index (χ3n) is 3.06. The Morgan fingerprint density at radius 1 is 1.12 bits per heavy atom. The van der Waals surface area contributed by atoms with Crippen LogP contribution in [0.1, 0.15) is 10.6 Å². The molecule has 26 heavy (non-hydrogen) atoms. The van der Waals surface area contributed by atoms with Crippen LogP contribution in [0.2, 0.25) is 0 Å². The zero-order valence-corrected chi connectivity index (χ0v) is 14.1. The summed E-state index contributed by atoms with van der Waals surface area (Å²) in [5.74, 6) is -0.503. The molecule has 2 heterocycles. The minimum absolute atomic E-state index is 0.0868. The van der Waals surface area contributed by atoms with Crippen molar-refractivity contribution in [1.82, 2.24) is 36.4 Å². The summed E-state index contributed by atoms with van der Waals surface area (Å²) >= 11 is 4.91. The van der Waals surface area contributed by atoms with Crippen molar-refractivity contribution in [3.05, 3.63) is 54.5 Å². The van der Waals surface area contributed by atoms with E-state index in [0.29, 0.717) is 5.82 Å². The molecule has 0 saturated heterocycles. The third kappa shape index (κ3) is 4.48. The fourth-order valence-corrected chi connectivity index (χ4v) is 2.05. The SMILES string of the molecule is O=C(Cn1nnc(-c2ccccc2)n1)NNC(=S)NC(=O)c1ccco1. The van der Waals surface area contributed by atoms with E-state index in [1.807, 2.05) is 30.3 Å². The maximum Gasteiger partial charge on any atom is 0.293 e. The van der Waals surface area contributed by atoms with Crippen molar-refractivity contribution >= 4 is 29.1 Å². The zero-order chi connectivity index (χ0) is 18.4. The van der Waals surface area contributed by atoms with Crippen molar-refractivity contribution in [3.8, 4) is 11.4 Å². The van der Waals surface area contributed by atoms with E-state index in [1.165, 1.54) is 12.3 Å². The van der Waals surface area contributed by atoms with Crippen LogP contribution in [0.4, 0.5) is 0 Å². The normalized spacial score (nSPS) is 10.2. The molecule has 0 atom stereocenters. The first kappa shape index (κ1) is 17.2. The summed E-state index contributed by atoms with van der Waals surface area (Å²) in [4.78, 5) is 24.7. The molecule has 3 aromatic rings. The van der Waals surface area contributed by atoms with Gasteiger partial charge in [-0.15, -0.1) is 10.2 Å². The number of carbonyl (C=O) groups is 2. The second-order valence-electron chi connectivity index (χ2n) is 4.94. The van der Waals surface area contributed by atoms with E-state index in [1.54, 1.807) is 6.07 Å². The predicted octanol–water partition coefficient (Wildman–Crippen LogP) is 0.269. The van der Waals surface area contributed by atoms with E-state index in [0.717, 1.165) is 10.4 Å². The largest absolute Gasteiger partial charge is 0.459 e. The van der Waals surface area contributed by atoms with Gasteiger partial charge in [0.2, 0.25) is 5.82 Å². The number of amides is 2. The number of carbonyl (C=O) groups excluding carboxylic acids is 2. The Morgan fingerprint density at radius 2 is 1.92 bits per heavy atom. The van der Waals surface area contributed by atoms with Gasteiger partial charge in [0.25, 0.3) is 11.8 Å². The molecule has 3 rings (SSSR count). The Balaban J connectivity index is 1.46. The Morgan fingerprint density at radius 3 is 2.65 bits per heavy atom. The van der Waals surface area contributed by atoms with Crippen LogP contribution in [0, 0.1) is 0 Å². The van der Waals surface area contributed by atoms with Crippen molar-refractivity contribution in [3.63, 3.8) is 0 Å². The van der Waals surface area contributed by atoms with Crippen LogP contribution in [0.5, 0.6) is 0 Å². The minimum Gasteiger partial charge on any atom is -0.459 e. The first-order chi connectivity index (χ1) is 12.6. The van der Waals surface area contributed by atoms with E-state index in [2.05, 4.69) is 31.6 Å². The van der Waals surface area contributed by atoms with Gasteiger partial charge in [-0.1, -0.05) is 30.3 Å². The van der Waals surface area contributed by atoms with Crippen LogP contribution < -0.4 is 16.2 Å². The van der Waals surface area contributed by atoms with Gasteiger partial charge < -0.3 is 4.42 Å². The lowest BCUT2D eigenvalue weighted by Crippen LogP contribution is -2.49. The molecule has 0 saturated carbocycles. The van der Waals surface area contributed by atoms with Gasteiger partial charge in [-0.25, -0.2) is 0 Å². The molecule has 0 radical (unpaired) electrons. The second kappa shape index (κ2) is 7.98. The molecule has 0 fully saturated rings. The number of nitrogens with one attached hydrogen (secondary N) is 3. The van der Waals surface area contributed by atoms with E-state index < -0.39 is 11.8 Å². The maximum absolute atomic E-state index is 11.9. The highest BCUT2D eigenvalue weighted by Gasteiger charge is 2.12. The number of nitrogens with zero attached hydrogens (tertiary/aromatic N) is 4. The van der Waals surface area contributed by atoms with E-state index in [-0.39, 0.29) is 17.4 Å². The molecule has 0 unspecified atom stereocenters. The van der Waals surface area contributed by atoms with Crippen molar-refractivity contribution < 1.29 is 14.0 Å². The molecule has 0 aliphatic rings. The molecule has 0 spiro atoms. The van der Waals surface area contributed by atoms with Crippen molar-refractivity contribution in [2.24, 2.45) is 0 Å². The van der Waals surface area contributed by atoms with Crippen molar-refractivity contribution in [1.29, 1.82) is 0 Å². The smallest absolute Gasteiger partial charge is 0.293 e. The summed E-state index contributed by atoms with van der Waals surface area (Å²) in [5.41, 5.74) is 5.52. The highest BCUT2D eigenvalue weighted by molar-refractivity contribution is 7.80. The number of thiocarbonyl (C=S) groups is 1. The highest BCUT2D eigenvalue weighted by Crippen LogP contribution is 2.11. The molecule has 3 N–H and O–H groups in total. The molecule has 1 aromatic carbocycles. The summed E-state index contributed by atoms with van der Waals surface area (Å²) in [5, 5.41) is 14.1. The van der Waals surface area contributed by atoms with E-state index in [9.17, 15) is 9.59 Å². The number of rotatable bonds is 4. The van der Waals surface area contributed by atoms with Crippen LogP contribution >= 0.6 is 12.2 Å². The lowest BCUT2D eigenvalue weighted by Gasteiger charge is -2.09. The molecule has 2 aromatic heterocycles. The predicted molar refractivity (Wildman–Crippen MR) is 93.3 cm³/mol. The summed E-state index contributed by atoms with van der Waals surface area (Å²) < 4.78 is 4.93. The molecule has 10 nitrogen and oxygen atoms in total. The van der Waals surface area contributed by atoms with Crippen LogP contribution in [0.3, 0.4) is 0 Å². The first-order valence-electron chi connectivity index (χ1n) is 7.39. The Hall–Kier alpha value is -3.60. The highest BCUT2D eigenvalue weighted by atomic mass is 32.1. The zero-order valence-electron chi connectivity index (χ0n) is 13.2. The number of benzene rings is 1. The lowest BCUT2D eigenvalue weighted by molar-refractivity contribution is -0.122. The van der Waals surface area contributed by atoms with E-state index >= 15 is 0 Å². The van der Waals surface area contributed by atoms with Gasteiger partial charge in [0, 0.05) is 5.56 Å². The quantitative estimate of drug-likeness (QED) is 0.441. The maximum atomic E-state index is 11.9. The molecule has 11 heteroatoms. The standard InChI is InChI=1S/C15H13N7O3S/c23-12(17-19-15(26)16-14(24)11-7-4-8-25-11)9-22-20-13(18-21-22)10-5-2-1-3-6-10/h1-8H,9H2,(H,17,23)(H2,16,19,24,26). The fourth-order valence-electron chi connectivity index (χ4n) is 1.91. The number of hydrogen-bond donors (Lipinski definition) is 3. The average Bonchev–Trinajstić information content (AvgIpc) is 3.33. The molecule has 2 amide bonds. The van der Waals surface area contributed by atoms with Gasteiger partial charge in [-0.3, -0.25) is 25.8 Å². The number of hydrazine groups is 1. The topological polar surface area (TPSA) is 127 Å². The first-order valence-corrected chi connectivity index (χ1v) is 7.79. The summed E-state index contributed by atoms with van der Waals surface area (Å²) in [6, 6.07) is 12.3. The molecule has 132 valence electrons. The third-order valence-corrected chi connectivity index (χ3v) is 3.26. The molecule has 0 aliphatic heterocycles. The summed E-state index contributed by atoms with van der Waals surface area (Å²) in [6.45, 7) is -0.179. The minimum atomic E-state index is -0.535. The Kier molecular flexibility index (Phi) is 5.29. The fraction of sp³-hybridized carbons (Fsp3) is 0.0667. The summed E-state index contributed by atoms with van der Waals surface area (Å²) in [6.07, 6.45) is 1.36. The molecular formula is C15H13N7O3S. The monoisotopic (exact) mass is 371 g/mol.